The summed E-state index contributed by atoms with van der Waals surface area (Å²) in [6.07, 6.45) is 0.124. The van der Waals surface area contributed by atoms with Gasteiger partial charge in [-0.3, -0.25) is 9.20 Å². The lowest BCUT2D eigenvalue weighted by molar-refractivity contribution is -0.131. The Labute approximate surface area is 211 Å². The predicted molar refractivity (Wildman–Crippen MR) is 134 cm³/mol. The van der Waals surface area contributed by atoms with E-state index in [0.717, 1.165) is 35.1 Å². The Morgan fingerprint density at radius 2 is 1.86 bits per heavy atom. The zero-order valence-electron chi connectivity index (χ0n) is 20.1. The normalized spacial score (nSPS) is 13.6. The van der Waals surface area contributed by atoms with Crippen LogP contribution in [-0.2, 0) is 6.61 Å². The number of hydrogen-bond acceptors (Lipinski definition) is 5. The summed E-state index contributed by atoms with van der Waals surface area (Å²) >= 11 is 0. The van der Waals surface area contributed by atoms with Crippen molar-refractivity contribution in [1.82, 2.24) is 19.7 Å². The van der Waals surface area contributed by atoms with Crippen LogP contribution in [0.2, 0.25) is 0 Å². The molecule has 1 saturated carbocycles. The minimum absolute atomic E-state index is 0.0985. The van der Waals surface area contributed by atoms with Crippen molar-refractivity contribution in [3.8, 4) is 22.5 Å². The molecule has 0 unspecified atom stereocenters. The number of aliphatic hydroxyl groups is 1. The molecule has 192 valence electrons. The fraction of sp³-hybridized carbons (Fsp3) is 0.296. The van der Waals surface area contributed by atoms with E-state index in [2.05, 4.69) is 20.6 Å². The number of rotatable bonds is 8. The van der Waals surface area contributed by atoms with E-state index >= 15 is 0 Å². The number of carbonyl (C=O) groups is 1. The third kappa shape index (κ3) is 5.59. The van der Waals surface area contributed by atoms with Gasteiger partial charge in [-0.15, -0.1) is 0 Å². The van der Waals surface area contributed by atoms with Crippen LogP contribution in [0, 0.1) is 6.92 Å². The number of aliphatic hydroxyl groups excluding tert-OH is 1. The van der Waals surface area contributed by atoms with Crippen molar-refractivity contribution >= 4 is 17.4 Å². The fourth-order valence-corrected chi connectivity index (χ4v) is 4.13. The molecule has 0 saturated heterocycles. The van der Waals surface area contributed by atoms with Gasteiger partial charge < -0.3 is 15.7 Å². The molecule has 2 heterocycles. The van der Waals surface area contributed by atoms with Crippen molar-refractivity contribution in [1.29, 1.82) is 0 Å². The van der Waals surface area contributed by atoms with Crippen LogP contribution in [0.3, 0.4) is 0 Å². The van der Waals surface area contributed by atoms with Gasteiger partial charge in [0, 0.05) is 35.5 Å². The molecule has 37 heavy (non-hydrogen) atoms. The summed E-state index contributed by atoms with van der Waals surface area (Å²) in [5, 5.41) is 15.1. The van der Waals surface area contributed by atoms with Gasteiger partial charge in [0.05, 0.1) is 30.6 Å². The van der Waals surface area contributed by atoms with Gasteiger partial charge in [-0.2, -0.15) is 13.2 Å². The smallest absolute Gasteiger partial charge is 0.390 e. The second kappa shape index (κ2) is 9.85. The first-order chi connectivity index (χ1) is 17.7. The third-order valence-corrected chi connectivity index (χ3v) is 6.30. The third-order valence-electron chi connectivity index (χ3n) is 6.30. The minimum Gasteiger partial charge on any atom is -0.392 e. The quantitative estimate of drug-likeness (QED) is 0.307. The molecular formula is C27H26F3N5O2. The van der Waals surface area contributed by atoms with E-state index in [9.17, 15) is 23.1 Å². The summed E-state index contributed by atoms with van der Waals surface area (Å²) in [6.45, 7) is 1.43. The van der Waals surface area contributed by atoms with Crippen LogP contribution >= 0.6 is 0 Å². The molecule has 3 N–H and O–H groups in total. The maximum absolute atomic E-state index is 12.8. The van der Waals surface area contributed by atoms with Crippen LogP contribution < -0.4 is 10.6 Å². The molecule has 0 spiro atoms. The van der Waals surface area contributed by atoms with Gasteiger partial charge >= 0.3 is 6.18 Å². The monoisotopic (exact) mass is 509 g/mol. The van der Waals surface area contributed by atoms with E-state index in [-0.39, 0.29) is 30.9 Å². The molecule has 0 bridgehead atoms. The van der Waals surface area contributed by atoms with Gasteiger partial charge in [-0.25, -0.2) is 9.97 Å². The van der Waals surface area contributed by atoms with E-state index in [1.54, 1.807) is 47.1 Å². The van der Waals surface area contributed by atoms with Crippen molar-refractivity contribution in [3.05, 3.63) is 71.5 Å². The Hall–Kier alpha value is -3.92. The highest BCUT2D eigenvalue weighted by molar-refractivity contribution is 5.96. The van der Waals surface area contributed by atoms with Crippen LogP contribution in [0.1, 0.15) is 40.7 Å². The van der Waals surface area contributed by atoms with Crippen molar-refractivity contribution in [2.45, 2.75) is 45.0 Å². The van der Waals surface area contributed by atoms with Crippen molar-refractivity contribution in [2.24, 2.45) is 0 Å². The summed E-state index contributed by atoms with van der Waals surface area (Å²) in [6, 6.07) is 12.9. The van der Waals surface area contributed by atoms with Gasteiger partial charge in [-0.1, -0.05) is 30.3 Å². The van der Waals surface area contributed by atoms with E-state index in [4.69, 9.17) is 0 Å². The number of amides is 1. The van der Waals surface area contributed by atoms with E-state index in [1.807, 2.05) is 19.1 Å². The number of benzene rings is 2. The van der Waals surface area contributed by atoms with Crippen LogP contribution in [-0.4, -0.2) is 44.1 Å². The predicted octanol–water partition coefficient (Wildman–Crippen LogP) is 5.12. The van der Waals surface area contributed by atoms with Crippen LogP contribution in [0.4, 0.5) is 19.0 Å². The van der Waals surface area contributed by atoms with Gasteiger partial charge in [0.2, 0.25) is 0 Å². The average molecular weight is 510 g/mol. The largest absolute Gasteiger partial charge is 0.392 e. The number of nitrogens with one attached hydrogen (secondary N) is 2. The first-order valence-electron chi connectivity index (χ1n) is 12.0. The molecule has 1 fully saturated rings. The van der Waals surface area contributed by atoms with Crippen molar-refractivity contribution in [2.75, 3.05) is 11.9 Å². The Morgan fingerprint density at radius 3 is 2.51 bits per heavy atom. The van der Waals surface area contributed by atoms with E-state index in [0.29, 0.717) is 22.6 Å². The summed E-state index contributed by atoms with van der Waals surface area (Å²) in [7, 11) is 0. The molecule has 5 rings (SSSR count). The Balaban J connectivity index is 1.54. The standard InChI is InChI=1S/C27H26F3N5O2/c1-16-12-19(6-9-21(16)26(37)33-20-7-8-20)23-13-32-25-24(31-11-10-27(28,29)30)34-22(14-35(23)25)18-4-2-17(15-36)3-5-18/h2-6,9,12-14,20,36H,7-8,10-11,15H2,1H3,(H,31,34)(H,33,37). The van der Waals surface area contributed by atoms with Crippen molar-refractivity contribution in [3.63, 3.8) is 0 Å². The number of anilines is 1. The number of aryl methyl sites for hydroxylation is 1. The maximum Gasteiger partial charge on any atom is 0.390 e. The number of fused-ring (bicyclic) bond motifs is 1. The topological polar surface area (TPSA) is 91.6 Å². The average Bonchev–Trinajstić information content (AvgIpc) is 3.57. The second-order valence-electron chi connectivity index (χ2n) is 9.24. The summed E-state index contributed by atoms with van der Waals surface area (Å²) in [5.41, 5.74) is 5.32. The van der Waals surface area contributed by atoms with Crippen molar-refractivity contribution < 1.29 is 23.1 Å². The Kier molecular flexibility index (Phi) is 6.59. The highest BCUT2D eigenvalue weighted by Gasteiger charge is 2.27. The number of nitrogens with zero attached hydrogens (tertiary/aromatic N) is 3. The first-order valence-corrected chi connectivity index (χ1v) is 12.0. The number of alkyl halides is 3. The molecule has 1 aliphatic rings. The molecule has 2 aromatic carbocycles. The molecule has 1 amide bonds. The molecule has 1 aliphatic carbocycles. The zero-order valence-corrected chi connectivity index (χ0v) is 20.1. The SMILES string of the molecule is Cc1cc(-c2cnc3c(NCCC(F)(F)F)nc(-c4ccc(CO)cc4)cn23)ccc1C(=O)NC1CC1. The number of imidazole rings is 1. The minimum atomic E-state index is -4.30. The molecule has 4 aromatic rings. The Morgan fingerprint density at radius 1 is 1.14 bits per heavy atom. The maximum atomic E-state index is 12.8. The zero-order chi connectivity index (χ0) is 26.2. The van der Waals surface area contributed by atoms with Gasteiger partial charge in [0.1, 0.15) is 0 Å². The molecule has 0 atom stereocenters. The molecule has 0 aliphatic heterocycles. The summed E-state index contributed by atoms with van der Waals surface area (Å²) < 4.78 is 40.1. The molecule has 10 heteroatoms. The molecule has 7 nitrogen and oxygen atoms in total. The Bertz CT molecular complexity index is 1440. The lowest BCUT2D eigenvalue weighted by Crippen LogP contribution is -2.26. The second-order valence-corrected chi connectivity index (χ2v) is 9.24. The lowest BCUT2D eigenvalue weighted by Gasteiger charge is -2.13. The molecular weight excluding hydrogens is 483 g/mol. The van der Waals surface area contributed by atoms with Gasteiger partial charge in [0.25, 0.3) is 5.91 Å². The number of carbonyl (C=O) groups excluding carboxylic acids is 1. The number of hydrogen-bond donors (Lipinski definition) is 3. The number of halogens is 3. The van der Waals surface area contributed by atoms with Crippen LogP contribution in [0.25, 0.3) is 28.2 Å². The summed E-state index contributed by atoms with van der Waals surface area (Å²) in [5.74, 6) is 0.134. The summed E-state index contributed by atoms with van der Waals surface area (Å²) in [4.78, 5) is 21.6. The van der Waals surface area contributed by atoms with Crippen LogP contribution in [0.5, 0.6) is 0 Å². The van der Waals surface area contributed by atoms with Gasteiger partial charge in [0.15, 0.2) is 11.5 Å². The van der Waals surface area contributed by atoms with Gasteiger partial charge in [-0.05, 0) is 43.0 Å². The molecule has 0 radical (unpaired) electrons. The number of aromatic nitrogens is 3. The highest BCUT2D eigenvalue weighted by atomic mass is 19.4. The van der Waals surface area contributed by atoms with Crippen LogP contribution in [0.15, 0.2) is 54.9 Å². The highest BCUT2D eigenvalue weighted by Crippen LogP contribution is 2.30. The van der Waals surface area contributed by atoms with E-state index < -0.39 is 12.6 Å². The first kappa shape index (κ1) is 24.8. The fourth-order valence-electron chi connectivity index (χ4n) is 4.13. The lowest BCUT2D eigenvalue weighted by atomic mass is 10.0. The van der Waals surface area contributed by atoms with E-state index in [1.165, 1.54) is 0 Å². The molecule has 2 aromatic heterocycles.